The highest BCUT2D eigenvalue weighted by Gasteiger charge is 2.47. The first kappa shape index (κ1) is 22.3. The molecular formula is C26H31N7O. The molecule has 8 heteroatoms. The lowest BCUT2D eigenvalue weighted by Gasteiger charge is -2.36. The number of hydrogen-bond donors (Lipinski definition) is 4. The molecule has 3 aromatic rings. The molecule has 0 spiro atoms. The number of rotatable bonds is 7. The van der Waals surface area contributed by atoms with Crippen LogP contribution >= 0.6 is 0 Å². The number of nitrogens with two attached hydrogens (primary N) is 1. The number of aromatic amines is 1. The van der Waals surface area contributed by atoms with E-state index in [4.69, 9.17) is 5.73 Å². The highest BCUT2D eigenvalue weighted by Crippen LogP contribution is 2.49. The maximum absolute atomic E-state index is 12.4. The molecule has 2 aliphatic carbocycles. The quantitative estimate of drug-likeness (QED) is 0.432. The summed E-state index contributed by atoms with van der Waals surface area (Å²) in [7, 11) is 3.53. The molecule has 176 valence electrons. The van der Waals surface area contributed by atoms with E-state index in [2.05, 4.69) is 62.1 Å². The monoisotopic (exact) mass is 457 g/mol. The minimum Gasteiger partial charge on any atom is -0.388 e. The number of aryl methyl sites for hydroxylation is 2. The highest BCUT2D eigenvalue weighted by molar-refractivity contribution is 5.94. The van der Waals surface area contributed by atoms with Gasteiger partial charge in [0, 0.05) is 31.4 Å². The molecule has 1 unspecified atom stereocenters. The number of carbonyl (C=O) groups is 1. The number of hydrogen-bond acceptors (Lipinski definition) is 6. The number of nitrogens with one attached hydrogen (secondary N) is 3. The number of amides is 1. The summed E-state index contributed by atoms with van der Waals surface area (Å²) in [5.41, 5.74) is 13.2. The summed E-state index contributed by atoms with van der Waals surface area (Å²) in [5.74, 6) is 1.02. The lowest BCUT2D eigenvalue weighted by molar-refractivity contribution is 0.0963. The molecule has 0 aliphatic heterocycles. The summed E-state index contributed by atoms with van der Waals surface area (Å²) in [5, 5.41) is 21.5. The zero-order chi connectivity index (χ0) is 23.9. The third-order valence-electron chi connectivity index (χ3n) is 7.43. The number of fused-ring (bicyclic) bond motifs is 2. The minimum absolute atomic E-state index is 0.00265. The van der Waals surface area contributed by atoms with Crippen molar-refractivity contribution in [2.75, 3.05) is 14.1 Å². The van der Waals surface area contributed by atoms with Gasteiger partial charge in [0.1, 0.15) is 0 Å². The van der Waals surface area contributed by atoms with Crippen molar-refractivity contribution in [3.8, 4) is 0 Å². The van der Waals surface area contributed by atoms with Crippen LogP contribution in [0.4, 0.5) is 0 Å². The fourth-order valence-corrected chi connectivity index (χ4v) is 5.41. The molecule has 0 saturated heterocycles. The Morgan fingerprint density at radius 3 is 2.32 bits per heavy atom. The Balaban J connectivity index is 1.77. The van der Waals surface area contributed by atoms with E-state index in [0.717, 1.165) is 53.6 Å². The van der Waals surface area contributed by atoms with Crippen LogP contribution in [-0.4, -0.2) is 46.7 Å². The molecule has 0 radical (unpaired) electrons. The van der Waals surface area contributed by atoms with Crippen molar-refractivity contribution in [2.45, 2.75) is 43.6 Å². The zero-order valence-corrected chi connectivity index (χ0v) is 19.7. The highest BCUT2D eigenvalue weighted by atomic mass is 16.1. The van der Waals surface area contributed by atoms with Gasteiger partial charge in [-0.15, -0.1) is 10.2 Å². The summed E-state index contributed by atoms with van der Waals surface area (Å²) in [6.07, 6.45) is 4.59. The van der Waals surface area contributed by atoms with Gasteiger partial charge in [-0.1, -0.05) is 30.0 Å². The molecule has 0 bridgehead atoms. The molecule has 34 heavy (non-hydrogen) atoms. The van der Waals surface area contributed by atoms with Crippen LogP contribution in [0.3, 0.4) is 0 Å². The van der Waals surface area contributed by atoms with Crippen molar-refractivity contribution >= 4 is 11.6 Å². The lowest BCUT2D eigenvalue weighted by atomic mass is 9.67. The molecular weight excluding hydrogens is 426 g/mol. The molecule has 2 aliphatic rings. The van der Waals surface area contributed by atoms with Crippen LogP contribution in [0.1, 0.15) is 63.3 Å². The van der Waals surface area contributed by atoms with Crippen molar-refractivity contribution < 1.29 is 4.79 Å². The van der Waals surface area contributed by atoms with Gasteiger partial charge in [-0.2, -0.15) is 5.21 Å². The number of nitrogens with zero attached hydrogens (tertiary/aromatic N) is 3. The molecule has 8 nitrogen and oxygen atoms in total. The molecule has 5 rings (SSSR count). The van der Waals surface area contributed by atoms with Crippen molar-refractivity contribution in [3.63, 3.8) is 0 Å². The topological polar surface area (TPSA) is 122 Å². The maximum atomic E-state index is 12.4. The third kappa shape index (κ3) is 3.68. The minimum atomic E-state index is -0.670. The smallest absolute Gasteiger partial charge is 0.251 e. The molecule has 1 saturated carbocycles. The van der Waals surface area contributed by atoms with E-state index in [1.165, 1.54) is 5.56 Å². The molecule has 2 atom stereocenters. The van der Waals surface area contributed by atoms with Crippen molar-refractivity contribution in [1.82, 2.24) is 31.3 Å². The van der Waals surface area contributed by atoms with Gasteiger partial charge < -0.3 is 16.4 Å². The Labute approximate surface area is 199 Å². The van der Waals surface area contributed by atoms with Crippen molar-refractivity contribution in [2.24, 2.45) is 11.7 Å². The fourth-order valence-electron chi connectivity index (χ4n) is 5.41. The van der Waals surface area contributed by atoms with Crippen molar-refractivity contribution in [3.05, 3.63) is 82.2 Å². The van der Waals surface area contributed by atoms with Crippen LogP contribution in [0.5, 0.6) is 0 Å². The Morgan fingerprint density at radius 1 is 1.12 bits per heavy atom. The lowest BCUT2D eigenvalue weighted by Crippen LogP contribution is -2.40. The Bertz CT molecular complexity index is 1160. The van der Waals surface area contributed by atoms with Crippen LogP contribution < -0.4 is 16.4 Å². The van der Waals surface area contributed by atoms with Crippen LogP contribution in [0, 0.1) is 5.92 Å². The third-order valence-corrected chi connectivity index (χ3v) is 7.43. The van der Waals surface area contributed by atoms with Gasteiger partial charge in [-0.3, -0.25) is 4.79 Å². The maximum Gasteiger partial charge on any atom is 0.251 e. The molecule has 5 N–H and O–H groups in total. The van der Waals surface area contributed by atoms with Gasteiger partial charge in [0.15, 0.2) is 5.82 Å². The van der Waals surface area contributed by atoms with E-state index in [-0.39, 0.29) is 11.9 Å². The van der Waals surface area contributed by atoms with Gasteiger partial charge in [0.05, 0.1) is 5.41 Å². The Kier molecular flexibility index (Phi) is 5.69. The summed E-state index contributed by atoms with van der Waals surface area (Å²) in [4.78, 5) is 12.4. The average molecular weight is 458 g/mol. The van der Waals surface area contributed by atoms with Crippen LogP contribution in [-0.2, 0) is 18.3 Å². The van der Waals surface area contributed by atoms with Gasteiger partial charge in [0.2, 0.25) is 0 Å². The van der Waals surface area contributed by atoms with E-state index < -0.39 is 5.41 Å². The van der Waals surface area contributed by atoms with Crippen LogP contribution in [0.2, 0.25) is 0 Å². The van der Waals surface area contributed by atoms with Gasteiger partial charge in [0.25, 0.3) is 5.91 Å². The van der Waals surface area contributed by atoms with E-state index in [1.54, 1.807) is 7.05 Å². The second kappa shape index (κ2) is 8.68. The number of tetrazole rings is 1. The Hall–Kier alpha value is -3.52. The first-order valence-corrected chi connectivity index (χ1v) is 11.8. The summed E-state index contributed by atoms with van der Waals surface area (Å²) < 4.78 is 0. The summed E-state index contributed by atoms with van der Waals surface area (Å²) in [6.45, 7) is 4.15. The number of carbonyl (C=O) groups excluding carboxylic acids is 1. The van der Waals surface area contributed by atoms with Gasteiger partial charge in [-0.05, 0) is 84.0 Å². The average Bonchev–Trinajstić information content (AvgIpc) is 3.60. The zero-order valence-electron chi connectivity index (χ0n) is 19.7. The van der Waals surface area contributed by atoms with Crippen LogP contribution in [0.25, 0.3) is 5.70 Å². The standard InChI is InChI=1S/C26H31N7O/c1-15(28-2)17-8-10-21-18(12-17)6-7-19-13-20(24(34)29-3)9-11-22(19)26(21,25-30-32-33-31-25)14-23(27)16-4-5-16/h8-13,16,23,28H,1,4-7,14,27H2,2-3H3,(H,29,34)(H,30,31,32,33)/t23-,26?/m0/s1. The first-order chi connectivity index (χ1) is 16.5. The van der Waals surface area contributed by atoms with Crippen LogP contribution in [0.15, 0.2) is 43.0 Å². The summed E-state index contributed by atoms with van der Waals surface area (Å²) in [6, 6.07) is 12.4. The first-order valence-electron chi connectivity index (χ1n) is 11.8. The van der Waals surface area contributed by atoms with E-state index in [1.807, 2.05) is 19.2 Å². The molecule has 1 amide bonds. The van der Waals surface area contributed by atoms with Gasteiger partial charge in [-0.25, -0.2) is 0 Å². The SMILES string of the molecule is C=C(NC)c1ccc2c(c1)CCc1cc(C(=O)NC)ccc1C2(C[C@H](N)C1CC1)c1nn[nH]n1. The predicted molar refractivity (Wildman–Crippen MR) is 131 cm³/mol. The van der Waals surface area contributed by atoms with E-state index >= 15 is 0 Å². The predicted octanol–water partition coefficient (Wildman–Crippen LogP) is 2.31. The van der Waals surface area contributed by atoms with Gasteiger partial charge >= 0.3 is 0 Å². The van der Waals surface area contributed by atoms with Crippen molar-refractivity contribution in [1.29, 1.82) is 0 Å². The molecule has 1 aromatic heterocycles. The number of aromatic nitrogens is 4. The number of H-pyrrole nitrogens is 1. The second-order valence-corrected chi connectivity index (χ2v) is 9.40. The molecule has 2 aromatic carbocycles. The van der Waals surface area contributed by atoms with E-state index in [0.29, 0.717) is 23.7 Å². The Morgan fingerprint density at radius 2 is 1.76 bits per heavy atom. The van der Waals surface area contributed by atoms with E-state index in [9.17, 15) is 4.79 Å². The largest absolute Gasteiger partial charge is 0.388 e. The molecule has 1 heterocycles. The molecule has 1 fully saturated rings. The second-order valence-electron chi connectivity index (χ2n) is 9.40. The number of benzene rings is 2. The normalized spacial score (nSPS) is 20.0. The summed E-state index contributed by atoms with van der Waals surface area (Å²) >= 11 is 0. The fraction of sp³-hybridized carbons (Fsp3) is 0.385.